The third-order valence-corrected chi connectivity index (χ3v) is 5.86. The summed E-state index contributed by atoms with van der Waals surface area (Å²) in [6.07, 6.45) is 2.42. The molecule has 0 radical (unpaired) electrons. The van der Waals surface area contributed by atoms with Crippen LogP contribution in [0.15, 0.2) is 71.7 Å². The summed E-state index contributed by atoms with van der Waals surface area (Å²) < 4.78 is 27.0. The molecule has 3 aromatic carbocycles. The van der Waals surface area contributed by atoms with Gasteiger partial charge >= 0.3 is 0 Å². The fourth-order valence-electron chi connectivity index (χ4n) is 4.10. The maximum absolute atomic E-state index is 13.8. The Hall–Kier alpha value is -3.93. The van der Waals surface area contributed by atoms with Crippen LogP contribution in [0.5, 0.6) is 11.5 Å². The second kappa shape index (κ2) is 8.54. The quantitative estimate of drug-likeness (QED) is 0.418. The number of hydrogen-bond acceptors (Lipinski definition) is 4. The number of benzene rings is 3. The summed E-state index contributed by atoms with van der Waals surface area (Å²) in [6, 6.07) is 16.9. The van der Waals surface area contributed by atoms with E-state index in [0.717, 1.165) is 12.0 Å². The van der Waals surface area contributed by atoms with Crippen LogP contribution in [0.1, 0.15) is 34.0 Å². The largest absolute Gasteiger partial charge is 0.486 e. The van der Waals surface area contributed by atoms with Crippen molar-refractivity contribution >= 4 is 16.7 Å². The lowest BCUT2D eigenvalue weighted by molar-refractivity contribution is 0.103. The molecule has 6 heteroatoms. The highest BCUT2D eigenvalue weighted by Crippen LogP contribution is 2.34. The van der Waals surface area contributed by atoms with Gasteiger partial charge in [-0.25, -0.2) is 4.39 Å². The highest BCUT2D eigenvalue weighted by molar-refractivity contribution is 6.10. The van der Waals surface area contributed by atoms with E-state index in [2.05, 4.69) is 0 Å². The Labute approximate surface area is 190 Å². The van der Waals surface area contributed by atoms with Gasteiger partial charge < -0.3 is 14.0 Å². The summed E-state index contributed by atoms with van der Waals surface area (Å²) in [7, 11) is 0. The molecule has 0 amide bonds. The average Bonchev–Trinajstić information content (AvgIpc) is 2.84. The van der Waals surface area contributed by atoms with Crippen molar-refractivity contribution in [2.45, 2.75) is 19.9 Å². The van der Waals surface area contributed by atoms with E-state index in [4.69, 9.17) is 9.47 Å². The number of hydrogen-bond donors (Lipinski definition) is 0. The number of fused-ring (bicyclic) bond motifs is 2. The molecule has 0 bridgehead atoms. The molecule has 4 aromatic rings. The first-order valence-electron chi connectivity index (χ1n) is 10.9. The van der Waals surface area contributed by atoms with Crippen molar-refractivity contribution in [3.8, 4) is 11.5 Å². The molecule has 33 heavy (non-hydrogen) atoms. The summed E-state index contributed by atoms with van der Waals surface area (Å²) >= 11 is 0. The number of carbonyl (C=O) groups is 1. The molecule has 5 rings (SSSR count). The molecule has 0 saturated carbocycles. The predicted molar refractivity (Wildman–Crippen MR) is 124 cm³/mol. The Bertz CT molecular complexity index is 1420. The van der Waals surface area contributed by atoms with Crippen LogP contribution in [0.3, 0.4) is 0 Å². The molecule has 1 aliphatic heterocycles. The Kier molecular flexibility index (Phi) is 5.42. The van der Waals surface area contributed by atoms with Gasteiger partial charge in [-0.2, -0.15) is 0 Å². The molecule has 0 spiro atoms. The normalized spacial score (nSPS) is 12.7. The summed E-state index contributed by atoms with van der Waals surface area (Å²) in [6.45, 7) is 3.12. The van der Waals surface area contributed by atoms with Crippen molar-refractivity contribution in [2.24, 2.45) is 0 Å². The maximum atomic E-state index is 13.8. The zero-order valence-corrected chi connectivity index (χ0v) is 18.1. The molecule has 166 valence electrons. The van der Waals surface area contributed by atoms with Gasteiger partial charge in [-0.15, -0.1) is 0 Å². The van der Waals surface area contributed by atoms with Gasteiger partial charge in [0.25, 0.3) is 0 Å². The van der Waals surface area contributed by atoms with Crippen molar-refractivity contribution < 1.29 is 18.7 Å². The van der Waals surface area contributed by atoms with Crippen molar-refractivity contribution in [1.82, 2.24) is 4.57 Å². The van der Waals surface area contributed by atoms with E-state index in [9.17, 15) is 14.0 Å². The smallest absolute Gasteiger partial charge is 0.200 e. The minimum Gasteiger partial charge on any atom is -0.486 e. The van der Waals surface area contributed by atoms with Crippen LogP contribution < -0.4 is 14.9 Å². The van der Waals surface area contributed by atoms with Crippen LogP contribution in [0.25, 0.3) is 10.9 Å². The summed E-state index contributed by atoms with van der Waals surface area (Å²) in [5.74, 6) is 0.308. The van der Waals surface area contributed by atoms with Gasteiger partial charge in [-0.3, -0.25) is 9.59 Å². The highest BCUT2D eigenvalue weighted by Gasteiger charge is 2.21. The van der Waals surface area contributed by atoms with Crippen LogP contribution in [-0.4, -0.2) is 23.6 Å². The van der Waals surface area contributed by atoms with Crippen LogP contribution in [0.4, 0.5) is 4.39 Å². The Balaban J connectivity index is 1.69. The van der Waals surface area contributed by atoms with Gasteiger partial charge in [-0.05, 0) is 35.7 Å². The van der Waals surface area contributed by atoms with Crippen LogP contribution in [0.2, 0.25) is 0 Å². The number of nitrogens with zero attached hydrogens (tertiary/aromatic N) is 1. The summed E-state index contributed by atoms with van der Waals surface area (Å²) in [4.78, 5) is 26.7. The molecular weight excluding hydrogens is 421 g/mol. The lowest BCUT2D eigenvalue weighted by atomic mass is 10.00. The lowest BCUT2D eigenvalue weighted by Crippen LogP contribution is -2.21. The van der Waals surface area contributed by atoms with E-state index in [1.165, 1.54) is 12.1 Å². The van der Waals surface area contributed by atoms with Gasteiger partial charge in [0.1, 0.15) is 19.0 Å². The lowest BCUT2D eigenvalue weighted by Gasteiger charge is -2.21. The number of pyridine rings is 1. The first-order valence-corrected chi connectivity index (χ1v) is 10.9. The van der Waals surface area contributed by atoms with Crippen molar-refractivity contribution in [1.29, 1.82) is 0 Å². The maximum Gasteiger partial charge on any atom is 0.200 e. The zero-order chi connectivity index (χ0) is 22.9. The number of aryl methyl sites for hydroxylation is 1. The van der Waals surface area contributed by atoms with E-state index < -0.39 is 0 Å². The van der Waals surface area contributed by atoms with E-state index in [1.807, 2.05) is 19.1 Å². The third kappa shape index (κ3) is 4.00. The number of ketones is 1. The average molecular weight is 443 g/mol. The molecule has 0 N–H and O–H groups in total. The third-order valence-electron chi connectivity index (χ3n) is 5.86. The van der Waals surface area contributed by atoms with Crippen molar-refractivity contribution in [2.75, 3.05) is 13.2 Å². The fraction of sp³-hybridized carbons (Fsp3) is 0.185. The minimum absolute atomic E-state index is 0.0554. The topological polar surface area (TPSA) is 57.5 Å². The summed E-state index contributed by atoms with van der Waals surface area (Å²) in [5.41, 5.74) is 2.53. The Morgan fingerprint density at radius 3 is 2.39 bits per heavy atom. The van der Waals surface area contributed by atoms with Gasteiger partial charge in [-0.1, -0.05) is 43.3 Å². The second-order valence-electron chi connectivity index (χ2n) is 8.02. The standard InChI is InChI=1S/C27H22FNO4/c1-2-17-6-8-19(9-7-17)26(30)22-16-29(15-18-4-3-5-20(28)12-18)23-14-25-24(32-10-11-33-25)13-21(23)27(22)31/h3-9,12-14,16H,2,10-11,15H2,1H3. The molecule has 5 nitrogen and oxygen atoms in total. The van der Waals surface area contributed by atoms with E-state index >= 15 is 0 Å². The van der Waals surface area contributed by atoms with E-state index in [1.54, 1.807) is 47.2 Å². The predicted octanol–water partition coefficient (Wildman–Crippen LogP) is 4.75. The van der Waals surface area contributed by atoms with Crippen LogP contribution >= 0.6 is 0 Å². The van der Waals surface area contributed by atoms with Crippen molar-refractivity contribution in [3.05, 3.63) is 105 Å². The fourth-order valence-corrected chi connectivity index (χ4v) is 4.10. The molecular formula is C27H22FNO4. The first-order chi connectivity index (χ1) is 16.0. The zero-order valence-electron chi connectivity index (χ0n) is 18.1. The molecule has 1 aliphatic rings. The second-order valence-corrected chi connectivity index (χ2v) is 8.02. The molecule has 0 aliphatic carbocycles. The number of rotatable bonds is 5. The van der Waals surface area contributed by atoms with Crippen LogP contribution in [0, 0.1) is 5.82 Å². The van der Waals surface area contributed by atoms with Gasteiger partial charge in [0.05, 0.1) is 16.5 Å². The van der Waals surface area contributed by atoms with Crippen molar-refractivity contribution in [3.63, 3.8) is 0 Å². The van der Waals surface area contributed by atoms with Crippen LogP contribution in [-0.2, 0) is 13.0 Å². The first kappa shape index (κ1) is 20.9. The SMILES string of the molecule is CCc1ccc(C(=O)c2cn(Cc3cccc(F)c3)c3cc4c(cc3c2=O)OCCO4)cc1. The van der Waals surface area contributed by atoms with Gasteiger partial charge in [0, 0.05) is 24.4 Å². The number of aromatic nitrogens is 1. The number of halogens is 1. The van der Waals surface area contributed by atoms with Gasteiger partial charge in [0.2, 0.25) is 5.43 Å². The van der Waals surface area contributed by atoms with E-state index in [0.29, 0.717) is 46.7 Å². The van der Waals surface area contributed by atoms with Gasteiger partial charge in [0.15, 0.2) is 17.3 Å². The molecule has 0 fully saturated rings. The molecule has 0 unspecified atom stereocenters. The Morgan fingerprint density at radius 1 is 0.970 bits per heavy atom. The number of carbonyl (C=O) groups excluding carboxylic acids is 1. The summed E-state index contributed by atoms with van der Waals surface area (Å²) in [5, 5.41) is 0.353. The molecule has 1 aromatic heterocycles. The Morgan fingerprint density at radius 2 is 1.70 bits per heavy atom. The monoisotopic (exact) mass is 443 g/mol. The molecule has 0 atom stereocenters. The van der Waals surface area contributed by atoms with E-state index in [-0.39, 0.29) is 29.1 Å². The highest BCUT2D eigenvalue weighted by atomic mass is 19.1. The minimum atomic E-state index is -0.373. The molecule has 0 saturated heterocycles. The number of ether oxygens (including phenoxy) is 2. The molecule has 2 heterocycles.